The van der Waals surface area contributed by atoms with E-state index in [0.29, 0.717) is 13.2 Å². The number of nitrogens with zero attached hydrogens (tertiary/aromatic N) is 2. The summed E-state index contributed by atoms with van der Waals surface area (Å²) in [6.07, 6.45) is 4.97. The van der Waals surface area contributed by atoms with Crippen LogP contribution in [-0.4, -0.2) is 28.9 Å². The van der Waals surface area contributed by atoms with Gasteiger partial charge in [0.15, 0.2) is 11.5 Å². The van der Waals surface area contributed by atoms with Crippen LogP contribution >= 0.6 is 0 Å². The van der Waals surface area contributed by atoms with Gasteiger partial charge in [-0.3, -0.25) is 4.79 Å². The van der Waals surface area contributed by atoms with Gasteiger partial charge in [0.1, 0.15) is 11.9 Å². The average Bonchev–Trinajstić information content (AvgIpc) is 3.27. The number of rotatable bonds is 4. The van der Waals surface area contributed by atoms with Crippen LogP contribution in [0.3, 0.4) is 0 Å². The van der Waals surface area contributed by atoms with Crippen LogP contribution in [0.5, 0.6) is 11.5 Å². The number of fused-ring (bicyclic) bond motifs is 1. The SMILES string of the molecule is Cn1ccnc1[C@@H]1OCCC[C@H]1C(=O)NCc1ccc2c(c1)OCO2. The maximum Gasteiger partial charge on any atom is 0.231 e. The zero-order valence-electron chi connectivity index (χ0n) is 14.1. The molecule has 0 bridgehead atoms. The quantitative estimate of drug-likeness (QED) is 0.918. The fourth-order valence-electron chi connectivity index (χ4n) is 3.33. The molecule has 7 heteroatoms. The normalized spacial score (nSPS) is 22.0. The maximum atomic E-state index is 12.7. The van der Waals surface area contributed by atoms with Crippen molar-refractivity contribution in [3.05, 3.63) is 42.0 Å². The first kappa shape index (κ1) is 16.0. The van der Waals surface area contributed by atoms with Gasteiger partial charge in [-0.2, -0.15) is 0 Å². The number of aryl methyl sites for hydroxylation is 1. The molecule has 2 aliphatic rings. The van der Waals surface area contributed by atoms with Crippen molar-refractivity contribution in [1.29, 1.82) is 0 Å². The fourth-order valence-corrected chi connectivity index (χ4v) is 3.33. The number of hydrogen-bond donors (Lipinski definition) is 1. The number of benzene rings is 1. The molecular formula is C18H21N3O4. The Morgan fingerprint density at radius 2 is 2.24 bits per heavy atom. The third-order valence-electron chi connectivity index (χ3n) is 4.68. The van der Waals surface area contributed by atoms with E-state index in [-0.39, 0.29) is 24.7 Å². The van der Waals surface area contributed by atoms with Crippen LogP contribution < -0.4 is 14.8 Å². The average molecular weight is 343 g/mol. The molecule has 1 fully saturated rings. The number of carbonyl (C=O) groups is 1. The van der Waals surface area contributed by atoms with Crippen molar-refractivity contribution in [2.45, 2.75) is 25.5 Å². The Morgan fingerprint density at radius 3 is 3.08 bits per heavy atom. The van der Waals surface area contributed by atoms with Crippen molar-refractivity contribution in [2.75, 3.05) is 13.4 Å². The Balaban J connectivity index is 1.43. The number of ether oxygens (including phenoxy) is 3. The third kappa shape index (κ3) is 3.19. The van der Waals surface area contributed by atoms with E-state index in [2.05, 4.69) is 10.3 Å². The van der Waals surface area contributed by atoms with Gasteiger partial charge >= 0.3 is 0 Å². The van der Waals surface area contributed by atoms with Gasteiger partial charge in [0.05, 0.1) is 5.92 Å². The first-order valence-electron chi connectivity index (χ1n) is 8.47. The Kier molecular flexibility index (Phi) is 4.31. The Labute approximate surface area is 145 Å². The van der Waals surface area contributed by atoms with Gasteiger partial charge in [-0.25, -0.2) is 4.98 Å². The maximum absolute atomic E-state index is 12.7. The summed E-state index contributed by atoms with van der Waals surface area (Å²) in [6, 6.07) is 5.70. The van der Waals surface area contributed by atoms with Gasteiger partial charge in [0.25, 0.3) is 0 Å². The molecule has 2 aliphatic heterocycles. The number of nitrogens with one attached hydrogen (secondary N) is 1. The van der Waals surface area contributed by atoms with E-state index >= 15 is 0 Å². The molecule has 0 radical (unpaired) electrons. The van der Waals surface area contributed by atoms with Crippen LogP contribution in [-0.2, 0) is 23.1 Å². The van der Waals surface area contributed by atoms with E-state index in [1.54, 1.807) is 6.20 Å². The summed E-state index contributed by atoms with van der Waals surface area (Å²) >= 11 is 0. The molecule has 0 spiro atoms. The molecule has 1 saturated heterocycles. The lowest BCUT2D eigenvalue weighted by Crippen LogP contribution is -2.38. The van der Waals surface area contributed by atoms with Crippen LogP contribution in [0.1, 0.15) is 30.3 Å². The molecular weight excluding hydrogens is 322 g/mol. The monoisotopic (exact) mass is 343 g/mol. The van der Waals surface area contributed by atoms with Gasteiger partial charge in [-0.1, -0.05) is 6.07 Å². The van der Waals surface area contributed by atoms with Crippen LogP contribution in [0.15, 0.2) is 30.6 Å². The van der Waals surface area contributed by atoms with E-state index in [9.17, 15) is 4.79 Å². The first-order chi connectivity index (χ1) is 12.2. The Bertz CT molecular complexity index is 773. The summed E-state index contributed by atoms with van der Waals surface area (Å²) in [4.78, 5) is 17.1. The van der Waals surface area contributed by atoms with Crippen molar-refractivity contribution >= 4 is 5.91 Å². The number of hydrogen-bond acceptors (Lipinski definition) is 5. The molecule has 2 aromatic rings. The first-order valence-corrected chi connectivity index (χ1v) is 8.47. The number of imidazole rings is 1. The summed E-state index contributed by atoms with van der Waals surface area (Å²) in [6.45, 7) is 1.35. The highest BCUT2D eigenvalue weighted by Crippen LogP contribution is 2.34. The molecule has 0 aliphatic carbocycles. The van der Waals surface area contributed by atoms with E-state index in [0.717, 1.165) is 35.7 Å². The number of aromatic nitrogens is 2. The van der Waals surface area contributed by atoms with E-state index in [1.807, 2.05) is 36.0 Å². The minimum absolute atomic E-state index is 0.00892. The topological polar surface area (TPSA) is 74.6 Å². The molecule has 1 aromatic carbocycles. The minimum atomic E-state index is -0.300. The second-order valence-corrected chi connectivity index (χ2v) is 6.34. The van der Waals surface area contributed by atoms with Crippen molar-refractivity contribution in [1.82, 2.24) is 14.9 Å². The molecule has 3 heterocycles. The largest absolute Gasteiger partial charge is 0.454 e. The van der Waals surface area contributed by atoms with Crippen LogP contribution in [0, 0.1) is 5.92 Å². The van der Waals surface area contributed by atoms with Gasteiger partial charge in [0.2, 0.25) is 12.7 Å². The van der Waals surface area contributed by atoms with Gasteiger partial charge in [-0.05, 0) is 30.5 Å². The van der Waals surface area contributed by atoms with E-state index in [1.165, 1.54) is 0 Å². The lowest BCUT2D eigenvalue weighted by molar-refractivity contribution is -0.135. The standard InChI is InChI=1S/C18H21N3O4/c1-21-7-6-19-17(21)16-13(3-2-8-23-16)18(22)20-10-12-4-5-14-15(9-12)25-11-24-14/h4-7,9,13,16H,2-3,8,10-11H2,1H3,(H,20,22)/t13-,16-/m1/s1. The highest BCUT2D eigenvalue weighted by Gasteiger charge is 2.35. The fraction of sp³-hybridized carbons (Fsp3) is 0.444. The van der Waals surface area contributed by atoms with E-state index in [4.69, 9.17) is 14.2 Å². The van der Waals surface area contributed by atoms with Gasteiger partial charge in [-0.15, -0.1) is 0 Å². The van der Waals surface area contributed by atoms with Gasteiger partial charge in [0, 0.05) is 32.6 Å². The van der Waals surface area contributed by atoms with Crippen molar-refractivity contribution in [2.24, 2.45) is 13.0 Å². The highest BCUT2D eigenvalue weighted by atomic mass is 16.7. The second kappa shape index (κ2) is 6.76. The van der Waals surface area contributed by atoms with Crippen molar-refractivity contribution < 1.29 is 19.0 Å². The predicted octanol–water partition coefficient (Wildman–Crippen LogP) is 1.93. The molecule has 1 N–H and O–H groups in total. The Morgan fingerprint density at radius 1 is 1.36 bits per heavy atom. The number of carbonyl (C=O) groups excluding carboxylic acids is 1. The molecule has 0 unspecified atom stereocenters. The van der Waals surface area contributed by atoms with Crippen LogP contribution in [0.2, 0.25) is 0 Å². The smallest absolute Gasteiger partial charge is 0.231 e. The molecule has 132 valence electrons. The molecule has 7 nitrogen and oxygen atoms in total. The predicted molar refractivity (Wildman–Crippen MR) is 89.0 cm³/mol. The minimum Gasteiger partial charge on any atom is -0.454 e. The highest BCUT2D eigenvalue weighted by molar-refractivity contribution is 5.79. The van der Waals surface area contributed by atoms with Crippen LogP contribution in [0.25, 0.3) is 0 Å². The number of amides is 1. The molecule has 4 rings (SSSR count). The Hall–Kier alpha value is -2.54. The van der Waals surface area contributed by atoms with Gasteiger partial charge < -0.3 is 24.1 Å². The van der Waals surface area contributed by atoms with E-state index < -0.39 is 0 Å². The molecule has 25 heavy (non-hydrogen) atoms. The zero-order chi connectivity index (χ0) is 17.2. The van der Waals surface area contributed by atoms with Crippen LogP contribution in [0.4, 0.5) is 0 Å². The summed E-state index contributed by atoms with van der Waals surface area (Å²) in [7, 11) is 1.92. The molecule has 2 atom stereocenters. The van der Waals surface area contributed by atoms with Crippen molar-refractivity contribution in [3.8, 4) is 11.5 Å². The summed E-state index contributed by atoms with van der Waals surface area (Å²) in [5.41, 5.74) is 0.975. The summed E-state index contributed by atoms with van der Waals surface area (Å²) < 4.78 is 18.5. The lowest BCUT2D eigenvalue weighted by atomic mass is 9.92. The summed E-state index contributed by atoms with van der Waals surface area (Å²) in [5, 5.41) is 3.02. The zero-order valence-corrected chi connectivity index (χ0v) is 14.1. The second-order valence-electron chi connectivity index (χ2n) is 6.34. The van der Waals surface area contributed by atoms with Crippen molar-refractivity contribution in [3.63, 3.8) is 0 Å². The molecule has 1 aromatic heterocycles. The lowest BCUT2D eigenvalue weighted by Gasteiger charge is -2.30. The third-order valence-corrected chi connectivity index (χ3v) is 4.68. The summed E-state index contributed by atoms with van der Waals surface area (Å²) in [5.74, 6) is 2.02. The molecule has 0 saturated carbocycles. The molecule has 1 amide bonds.